The predicted octanol–water partition coefficient (Wildman–Crippen LogP) is 3.65. The van der Waals surface area contributed by atoms with E-state index in [1.54, 1.807) is 6.20 Å². The molecule has 1 aliphatic heterocycles. The predicted molar refractivity (Wildman–Crippen MR) is 89.4 cm³/mol. The minimum absolute atomic E-state index is 0.273. The zero-order valence-electron chi connectivity index (χ0n) is 14.2. The molecule has 4 nitrogen and oxygen atoms in total. The fourth-order valence-electron chi connectivity index (χ4n) is 3.18. The second-order valence-electron chi connectivity index (χ2n) is 7.10. The highest BCUT2D eigenvalue weighted by Crippen LogP contribution is 2.34. The van der Waals surface area contributed by atoms with Crippen molar-refractivity contribution in [3.8, 4) is 0 Å². The normalized spacial score (nSPS) is 22.0. The fourth-order valence-corrected chi connectivity index (χ4v) is 3.18. The average molecular weight is 303 g/mol. The van der Waals surface area contributed by atoms with E-state index in [4.69, 9.17) is 0 Å². The van der Waals surface area contributed by atoms with Crippen LogP contribution in [0, 0.1) is 5.41 Å². The van der Waals surface area contributed by atoms with Gasteiger partial charge in [0.1, 0.15) is 0 Å². The van der Waals surface area contributed by atoms with Crippen LogP contribution in [0.2, 0.25) is 0 Å². The first-order valence-electron chi connectivity index (χ1n) is 8.35. The van der Waals surface area contributed by atoms with Crippen LogP contribution in [0.15, 0.2) is 30.4 Å². The largest absolute Gasteiger partial charge is 0.342 e. The Hall–Kier alpha value is -1.58. The summed E-state index contributed by atoms with van der Waals surface area (Å²) in [5, 5.41) is 0. The second-order valence-corrected chi connectivity index (χ2v) is 7.10. The van der Waals surface area contributed by atoms with Crippen LogP contribution in [-0.2, 0) is 11.3 Å². The lowest BCUT2D eigenvalue weighted by molar-refractivity contribution is -0.137. The van der Waals surface area contributed by atoms with Crippen molar-refractivity contribution in [1.29, 1.82) is 0 Å². The van der Waals surface area contributed by atoms with Gasteiger partial charge in [0.15, 0.2) is 0 Å². The van der Waals surface area contributed by atoms with E-state index in [-0.39, 0.29) is 5.41 Å². The van der Waals surface area contributed by atoms with Crippen molar-refractivity contribution in [3.63, 3.8) is 0 Å². The Bertz CT molecular complexity index is 502. The molecule has 0 radical (unpaired) electrons. The number of carbonyl (C=O) groups excluding carboxylic acids is 1. The number of aryl methyl sites for hydroxylation is 1. The third-order valence-electron chi connectivity index (χ3n) is 4.57. The monoisotopic (exact) mass is 303 g/mol. The Morgan fingerprint density at radius 2 is 2.23 bits per heavy atom. The minimum atomic E-state index is 0.273. The summed E-state index contributed by atoms with van der Waals surface area (Å²) >= 11 is 0. The molecule has 4 heteroatoms. The molecule has 0 bridgehead atoms. The van der Waals surface area contributed by atoms with Crippen molar-refractivity contribution in [2.45, 2.75) is 59.4 Å². The molecule has 0 spiro atoms. The maximum atomic E-state index is 12.2. The summed E-state index contributed by atoms with van der Waals surface area (Å²) in [7, 11) is 0. The quantitative estimate of drug-likeness (QED) is 0.721. The topological polar surface area (TPSA) is 38.1 Å². The van der Waals surface area contributed by atoms with E-state index in [0.717, 1.165) is 38.9 Å². The molecule has 22 heavy (non-hydrogen) atoms. The number of rotatable bonds is 7. The third kappa shape index (κ3) is 5.00. The van der Waals surface area contributed by atoms with Gasteiger partial charge in [0, 0.05) is 38.4 Å². The molecule has 1 aliphatic rings. The van der Waals surface area contributed by atoms with Crippen molar-refractivity contribution < 1.29 is 4.79 Å². The van der Waals surface area contributed by atoms with Crippen molar-refractivity contribution in [2.24, 2.45) is 5.41 Å². The summed E-state index contributed by atoms with van der Waals surface area (Å²) in [6.45, 7) is 9.32. The molecule has 2 rings (SSSR count). The second kappa shape index (κ2) is 7.61. The molecule has 0 saturated carbocycles. The SMILES string of the molecule is CC(C)=CCC[C@]1(C)CCC(=O)N(CCCn2ccnc2)C1. The Labute approximate surface area is 134 Å². The maximum absolute atomic E-state index is 12.2. The van der Waals surface area contributed by atoms with E-state index in [2.05, 4.69) is 41.3 Å². The Morgan fingerprint density at radius 3 is 2.91 bits per heavy atom. The van der Waals surface area contributed by atoms with E-state index in [1.165, 1.54) is 12.0 Å². The summed E-state index contributed by atoms with van der Waals surface area (Å²) in [6, 6.07) is 0. The highest BCUT2D eigenvalue weighted by molar-refractivity contribution is 5.77. The van der Waals surface area contributed by atoms with Gasteiger partial charge in [-0.3, -0.25) is 4.79 Å². The zero-order chi connectivity index (χ0) is 16.0. The number of piperidine rings is 1. The van der Waals surface area contributed by atoms with Gasteiger partial charge in [0.05, 0.1) is 6.33 Å². The molecule has 0 unspecified atom stereocenters. The van der Waals surface area contributed by atoms with Crippen LogP contribution in [0.3, 0.4) is 0 Å². The summed E-state index contributed by atoms with van der Waals surface area (Å²) in [4.78, 5) is 18.3. The highest BCUT2D eigenvalue weighted by Gasteiger charge is 2.33. The Balaban J connectivity index is 1.81. The van der Waals surface area contributed by atoms with Gasteiger partial charge in [-0.05, 0) is 44.9 Å². The highest BCUT2D eigenvalue weighted by atomic mass is 16.2. The van der Waals surface area contributed by atoms with Crippen LogP contribution >= 0.6 is 0 Å². The van der Waals surface area contributed by atoms with Gasteiger partial charge in [-0.1, -0.05) is 18.6 Å². The number of imidazole rings is 1. The lowest BCUT2D eigenvalue weighted by Gasteiger charge is -2.40. The zero-order valence-corrected chi connectivity index (χ0v) is 14.2. The molecule has 0 aromatic carbocycles. The molecule has 122 valence electrons. The van der Waals surface area contributed by atoms with E-state index in [1.807, 2.05) is 12.5 Å². The first-order chi connectivity index (χ1) is 10.5. The van der Waals surface area contributed by atoms with Crippen LogP contribution < -0.4 is 0 Å². The van der Waals surface area contributed by atoms with E-state index < -0.39 is 0 Å². The first kappa shape index (κ1) is 16.8. The van der Waals surface area contributed by atoms with Gasteiger partial charge in [0.2, 0.25) is 5.91 Å². The number of carbonyl (C=O) groups is 1. The third-order valence-corrected chi connectivity index (χ3v) is 4.57. The molecule has 1 aromatic heterocycles. The van der Waals surface area contributed by atoms with Gasteiger partial charge in [-0.25, -0.2) is 4.98 Å². The smallest absolute Gasteiger partial charge is 0.222 e. The van der Waals surface area contributed by atoms with Crippen molar-refractivity contribution in [1.82, 2.24) is 14.5 Å². The lowest BCUT2D eigenvalue weighted by atomic mass is 9.77. The van der Waals surface area contributed by atoms with Crippen molar-refractivity contribution >= 4 is 5.91 Å². The molecule has 2 heterocycles. The van der Waals surface area contributed by atoms with Gasteiger partial charge in [-0.2, -0.15) is 0 Å². The summed E-state index contributed by atoms with van der Waals surface area (Å²) in [5.74, 6) is 0.324. The number of aromatic nitrogens is 2. The molecule has 1 aromatic rings. The first-order valence-corrected chi connectivity index (χ1v) is 8.35. The Morgan fingerprint density at radius 1 is 1.41 bits per heavy atom. The molecule has 0 aliphatic carbocycles. The molecule has 0 N–H and O–H groups in total. The minimum Gasteiger partial charge on any atom is -0.342 e. The van der Waals surface area contributed by atoms with Crippen LogP contribution in [0.25, 0.3) is 0 Å². The van der Waals surface area contributed by atoms with E-state index >= 15 is 0 Å². The summed E-state index contributed by atoms with van der Waals surface area (Å²) in [5.41, 5.74) is 1.65. The summed E-state index contributed by atoms with van der Waals surface area (Å²) in [6.07, 6.45) is 12.9. The molecule has 1 amide bonds. The van der Waals surface area contributed by atoms with Gasteiger partial charge in [-0.15, -0.1) is 0 Å². The van der Waals surface area contributed by atoms with E-state index in [9.17, 15) is 4.79 Å². The van der Waals surface area contributed by atoms with Gasteiger partial charge in [0.25, 0.3) is 0 Å². The molecular weight excluding hydrogens is 274 g/mol. The molecule has 1 atom stereocenters. The van der Waals surface area contributed by atoms with Gasteiger partial charge >= 0.3 is 0 Å². The van der Waals surface area contributed by atoms with Crippen LogP contribution in [0.4, 0.5) is 0 Å². The number of allylic oxidation sites excluding steroid dienone is 2. The summed E-state index contributed by atoms with van der Waals surface area (Å²) < 4.78 is 2.07. The average Bonchev–Trinajstić information content (AvgIpc) is 2.96. The molecule has 1 saturated heterocycles. The number of nitrogens with zero attached hydrogens (tertiary/aromatic N) is 3. The standard InChI is InChI=1S/C18H29N3O/c1-16(2)6-4-8-18(3)9-7-17(22)21(14-18)12-5-11-20-13-10-19-15-20/h6,10,13,15H,4-5,7-9,11-12,14H2,1-3H3/t18-/m1/s1. The van der Waals surface area contributed by atoms with Crippen LogP contribution in [0.1, 0.15) is 52.9 Å². The van der Waals surface area contributed by atoms with Crippen LogP contribution in [0.5, 0.6) is 0 Å². The van der Waals surface area contributed by atoms with Crippen LogP contribution in [-0.4, -0.2) is 33.4 Å². The fraction of sp³-hybridized carbons (Fsp3) is 0.667. The molecular formula is C18H29N3O. The number of likely N-dealkylation sites (tertiary alicyclic amines) is 1. The van der Waals surface area contributed by atoms with Gasteiger partial charge < -0.3 is 9.47 Å². The Kier molecular flexibility index (Phi) is 5.81. The maximum Gasteiger partial charge on any atom is 0.222 e. The van der Waals surface area contributed by atoms with Crippen molar-refractivity contribution in [3.05, 3.63) is 30.4 Å². The van der Waals surface area contributed by atoms with E-state index in [0.29, 0.717) is 12.3 Å². The molecule has 1 fully saturated rings. The number of hydrogen-bond donors (Lipinski definition) is 0. The number of hydrogen-bond acceptors (Lipinski definition) is 2. The number of amides is 1. The van der Waals surface area contributed by atoms with Crippen molar-refractivity contribution in [2.75, 3.05) is 13.1 Å². The lowest BCUT2D eigenvalue weighted by Crippen LogP contribution is -2.45.